The van der Waals surface area contributed by atoms with Gasteiger partial charge in [-0.1, -0.05) is 25.7 Å². The van der Waals surface area contributed by atoms with Crippen molar-refractivity contribution in [3.05, 3.63) is 0 Å². The molecular weight excluding hydrogens is 188 g/mol. The van der Waals surface area contributed by atoms with Crippen LogP contribution in [0, 0.1) is 5.92 Å². The largest absolute Gasteiger partial charge is 0.344 e. The molecule has 1 aliphatic rings. The number of nitrogens with zero attached hydrogens (tertiary/aromatic N) is 1. The van der Waals surface area contributed by atoms with Crippen LogP contribution in [-0.4, -0.2) is 38.0 Å². The Labute approximate surface area is 93.2 Å². The molecule has 1 saturated carbocycles. The molecule has 0 bridgehead atoms. The highest BCUT2D eigenvalue weighted by atomic mass is 16.2. The van der Waals surface area contributed by atoms with Gasteiger partial charge in [0, 0.05) is 26.6 Å². The third kappa shape index (κ3) is 4.65. The molecule has 1 aliphatic carbocycles. The second-order valence-electron chi connectivity index (χ2n) is 4.61. The maximum absolute atomic E-state index is 11.7. The van der Waals surface area contributed by atoms with E-state index in [1.165, 1.54) is 25.7 Å². The lowest BCUT2D eigenvalue weighted by Crippen LogP contribution is -2.32. The molecule has 3 heteroatoms. The van der Waals surface area contributed by atoms with E-state index in [0.29, 0.717) is 5.91 Å². The van der Waals surface area contributed by atoms with Gasteiger partial charge in [-0.3, -0.25) is 4.79 Å². The van der Waals surface area contributed by atoms with Crippen molar-refractivity contribution in [2.24, 2.45) is 5.92 Å². The summed E-state index contributed by atoms with van der Waals surface area (Å²) < 4.78 is 0. The molecule has 15 heavy (non-hydrogen) atoms. The Hall–Kier alpha value is -0.570. The molecule has 1 N–H and O–H groups in total. The number of nitrogens with one attached hydrogen (secondary N) is 1. The molecule has 0 aromatic rings. The number of hydrogen-bond acceptors (Lipinski definition) is 2. The summed E-state index contributed by atoms with van der Waals surface area (Å²) in [6, 6.07) is 0. The zero-order valence-corrected chi connectivity index (χ0v) is 10.1. The zero-order valence-electron chi connectivity index (χ0n) is 10.1. The predicted molar refractivity (Wildman–Crippen MR) is 62.8 cm³/mol. The van der Waals surface area contributed by atoms with E-state index in [1.807, 2.05) is 19.0 Å². The minimum Gasteiger partial charge on any atom is -0.344 e. The summed E-state index contributed by atoms with van der Waals surface area (Å²) in [4.78, 5) is 13.5. The second kappa shape index (κ2) is 6.83. The standard InChI is InChI=1S/C12H24N2O/c1-13-9-10-14(2)12(15)8-7-11-5-3-4-6-11/h11,13H,3-10H2,1-2H3. The van der Waals surface area contributed by atoms with E-state index in [2.05, 4.69) is 5.32 Å². The first kappa shape index (κ1) is 12.5. The van der Waals surface area contributed by atoms with Crippen LogP contribution in [0.1, 0.15) is 38.5 Å². The summed E-state index contributed by atoms with van der Waals surface area (Å²) in [7, 11) is 3.81. The molecule has 88 valence electrons. The maximum Gasteiger partial charge on any atom is 0.222 e. The van der Waals surface area contributed by atoms with Gasteiger partial charge in [0.2, 0.25) is 5.91 Å². The molecule has 1 fully saturated rings. The lowest BCUT2D eigenvalue weighted by Gasteiger charge is -2.17. The average molecular weight is 212 g/mol. The first-order valence-electron chi connectivity index (χ1n) is 6.12. The number of carbonyl (C=O) groups is 1. The second-order valence-corrected chi connectivity index (χ2v) is 4.61. The van der Waals surface area contributed by atoms with Gasteiger partial charge in [-0.25, -0.2) is 0 Å². The molecule has 0 unspecified atom stereocenters. The Morgan fingerprint density at radius 2 is 2.07 bits per heavy atom. The Kier molecular flexibility index (Phi) is 5.69. The van der Waals surface area contributed by atoms with Crippen LogP contribution in [0.25, 0.3) is 0 Å². The fraction of sp³-hybridized carbons (Fsp3) is 0.917. The summed E-state index contributed by atoms with van der Waals surface area (Å²) in [5.41, 5.74) is 0. The van der Waals surface area contributed by atoms with Gasteiger partial charge in [0.25, 0.3) is 0 Å². The van der Waals surface area contributed by atoms with Gasteiger partial charge in [0.15, 0.2) is 0 Å². The van der Waals surface area contributed by atoms with Crippen LogP contribution >= 0.6 is 0 Å². The van der Waals surface area contributed by atoms with Crippen LogP contribution in [0.3, 0.4) is 0 Å². The quantitative estimate of drug-likeness (QED) is 0.726. The van der Waals surface area contributed by atoms with Crippen molar-refractivity contribution in [2.45, 2.75) is 38.5 Å². The zero-order chi connectivity index (χ0) is 11.1. The maximum atomic E-state index is 11.7. The summed E-state index contributed by atoms with van der Waals surface area (Å²) in [6.45, 7) is 1.70. The first-order valence-corrected chi connectivity index (χ1v) is 6.12. The number of rotatable bonds is 6. The number of carbonyl (C=O) groups excluding carboxylic acids is 1. The Balaban J connectivity index is 2.11. The molecule has 0 aromatic carbocycles. The molecule has 0 atom stereocenters. The highest BCUT2D eigenvalue weighted by molar-refractivity contribution is 5.75. The summed E-state index contributed by atoms with van der Waals surface area (Å²) >= 11 is 0. The Morgan fingerprint density at radius 1 is 1.40 bits per heavy atom. The molecule has 0 saturated heterocycles. The molecule has 3 nitrogen and oxygen atoms in total. The van der Waals surface area contributed by atoms with E-state index in [-0.39, 0.29) is 0 Å². The van der Waals surface area contributed by atoms with Gasteiger partial charge < -0.3 is 10.2 Å². The normalized spacial score (nSPS) is 16.9. The van der Waals surface area contributed by atoms with Gasteiger partial charge in [0.1, 0.15) is 0 Å². The molecule has 0 spiro atoms. The van der Waals surface area contributed by atoms with Gasteiger partial charge in [-0.05, 0) is 19.4 Å². The van der Waals surface area contributed by atoms with E-state index in [4.69, 9.17) is 0 Å². The van der Waals surface area contributed by atoms with E-state index < -0.39 is 0 Å². The van der Waals surface area contributed by atoms with Crippen LogP contribution in [0.4, 0.5) is 0 Å². The minimum absolute atomic E-state index is 0.303. The monoisotopic (exact) mass is 212 g/mol. The van der Waals surface area contributed by atoms with Crippen molar-refractivity contribution in [3.63, 3.8) is 0 Å². The number of likely N-dealkylation sites (N-methyl/N-ethyl adjacent to an activating group) is 2. The first-order chi connectivity index (χ1) is 7.24. The van der Waals surface area contributed by atoms with Crippen molar-refractivity contribution in [3.8, 4) is 0 Å². The smallest absolute Gasteiger partial charge is 0.222 e. The van der Waals surface area contributed by atoms with Gasteiger partial charge >= 0.3 is 0 Å². The van der Waals surface area contributed by atoms with Crippen LogP contribution in [0.15, 0.2) is 0 Å². The topological polar surface area (TPSA) is 32.3 Å². The van der Waals surface area contributed by atoms with Gasteiger partial charge in [0.05, 0.1) is 0 Å². The fourth-order valence-corrected chi connectivity index (χ4v) is 2.22. The highest BCUT2D eigenvalue weighted by Gasteiger charge is 2.17. The van der Waals surface area contributed by atoms with Crippen LogP contribution in [0.2, 0.25) is 0 Å². The van der Waals surface area contributed by atoms with Crippen LogP contribution < -0.4 is 5.32 Å². The van der Waals surface area contributed by atoms with Crippen molar-refractivity contribution in [1.29, 1.82) is 0 Å². The van der Waals surface area contributed by atoms with E-state index >= 15 is 0 Å². The van der Waals surface area contributed by atoms with Crippen molar-refractivity contribution < 1.29 is 4.79 Å². The van der Waals surface area contributed by atoms with Crippen molar-refractivity contribution in [1.82, 2.24) is 10.2 Å². The van der Waals surface area contributed by atoms with E-state index in [0.717, 1.165) is 31.8 Å². The molecule has 0 radical (unpaired) electrons. The minimum atomic E-state index is 0.303. The van der Waals surface area contributed by atoms with Crippen molar-refractivity contribution in [2.75, 3.05) is 27.2 Å². The Morgan fingerprint density at radius 3 is 2.67 bits per heavy atom. The third-order valence-corrected chi connectivity index (χ3v) is 3.36. The van der Waals surface area contributed by atoms with Gasteiger partial charge in [-0.2, -0.15) is 0 Å². The summed E-state index contributed by atoms with van der Waals surface area (Å²) in [5, 5.41) is 3.06. The lowest BCUT2D eigenvalue weighted by atomic mass is 10.0. The van der Waals surface area contributed by atoms with E-state index in [1.54, 1.807) is 0 Å². The molecular formula is C12H24N2O. The number of hydrogen-bond donors (Lipinski definition) is 1. The SMILES string of the molecule is CNCCN(C)C(=O)CCC1CCCC1. The van der Waals surface area contributed by atoms with Crippen LogP contribution in [0.5, 0.6) is 0 Å². The number of amides is 1. The summed E-state index contributed by atoms with van der Waals surface area (Å²) in [6.07, 6.45) is 7.26. The molecule has 1 rings (SSSR count). The molecule has 0 heterocycles. The molecule has 1 amide bonds. The van der Waals surface area contributed by atoms with Gasteiger partial charge in [-0.15, -0.1) is 0 Å². The highest BCUT2D eigenvalue weighted by Crippen LogP contribution is 2.28. The Bertz CT molecular complexity index is 188. The van der Waals surface area contributed by atoms with Crippen LogP contribution in [-0.2, 0) is 4.79 Å². The average Bonchev–Trinajstić information content (AvgIpc) is 2.75. The predicted octanol–water partition coefficient (Wildman–Crippen LogP) is 1.63. The molecule has 0 aliphatic heterocycles. The summed E-state index contributed by atoms with van der Waals surface area (Å²) in [5.74, 6) is 1.13. The molecule has 0 aromatic heterocycles. The van der Waals surface area contributed by atoms with Crippen molar-refractivity contribution >= 4 is 5.91 Å². The van der Waals surface area contributed by atoms with E-state index in [9.17, 15) is 4.79 Å². The fourth-order valence-electron chi connectivity index (χ4n) is 2.22. The third-order valence-electron chi connectivity index (χ3n) is 3.36. The lowest BCUT2D eigenvalue weighted by molar-refractivity contribution is -0.130.